The number of aliphatic imine (C=N–C) groups is 1. The summed E-state index contributed by atoms with van der Waals surface area (Å²) in [6.45, 7) is 8.01. The highest BCUT2D eigenvalue weighted by molar-refractivity contribution is 14.0. The lowest BCUT2D eigenvalue weighted by atomic mass is 10.0. The highest BCUT2D eigenvalue weighted by atomic mass is 127. The molecule has 8 heteroatoms. The van der Waals surface area contributed by atoms with E-state index in [9.17, 15) is 5.11 Å². The number of hydrogen-bond acceptors (Lipinski definition) is 5. The first-order chi connectivity index (χ1) is 11.1. The number of guanidine groups is 1. The molecule has 0 amide bonds. The van der Waals surface area contributed by atoms with Gasteiger partial charge in [0.05, 0.1) is 17.8 Å². The molecule has 1 aliphatic rings. The third kappa shape index (κ3) is 5.80. The predicted octanol–water partition coefficient (Wildman–Crippen LogP) is 2.34. The molecule has 3 N–H and O–H groups in total. The Morgan fingerprint density at radius 2 is 2.12 bits per heavy atom. The fourth-order valence-corrected chi connectivity index (χ4v) is 3.90. The summed E-state index contributed by atoms with van der Waals surface area (Å²) in [7, 11) is 0. The molecule has 1 aromatic heterocycles. The van der Waals surface area contributed by atoms with Gasteiger partial charge in [0, 0.05) is 30.8 Å². The van der Waals surface area contributed by atoms with Crippen LogP contribution in [0.2, 0.25) is 0 Å². The number of aromatic nitrogens is 1. The topological polar surface area (TPSA) is 82.7 Å². The maximum absolute atomic E-state index is 10.4. The average molecular weight is 468 g/mol. The molecule has 0 spiro atoms. The Hall–Kier alpha value is -0.480. The van der Waals surface area contributed by atoms with Gasteiger partial charge in [0.15, 0.2) is 5.96 Å². The number of rotatable bonds is 7. The largest absolute Gasteiger partial charge is 0.387 e. The summed E-state index contributed by atoms with van der Waals surface area (Å²) in [5.41, 5.74) is 1.44. The van der Waals surface area contributed by atoms with Crippen molar-refractivity contribution in [2.24, 2.45) is 4.99 Å². The van der Waals surface area contributed by atoms with Gasteiger partial charge in [0.2, 0.25) is 0 Å². The third-order valence-corrected chi connectivity index (χ3v) is 5.25. The number of thioether (sulfide) groups is 1. The van der Waals surface area contributed by atoms with E-state index in [4.69, 9.17) is 4.52 Å². The van der Waals surface area contributed by atoms with E-state index in [1.54, 1.807) is 11.8 Å². The zero-order chi connectivity index (χ0) is 16.7. The Labute approximate surface area is 165 Å². The first kappa shape index (κ1) is 21.6. The molecule has 0 radical (unpaired) electrons. The minimum atomic E-state index is -0.624. The van der Waals surface area contributed by atoms with Crippen molar-refractivity contribution >= 4 is 41.7 Å². The Kier molecular flexibility index (Phi) is 9.43. The smallest absolute Gasteiger partial charge is 0.191 e. The maximum atomic E-state index is 10.4. The molecule has 138 valence electrons. The number of aliphatic hydroxyl groups is 1. The number of aryl methyl sites for hydroxylation is 2. The Balaban J connectivity index is 0.00000288. The molecule has 2 rings (SSSR count). The molecule has 24 heavy (non-hydrogen) atoms. The first-order valence-electron chi connectivity index (χ1n) is 8.40. The molecule has 0 saturated carbocycles. The van der Waals surface area contributed by atoms with Gasteiger partial charge >= 0.3 is 0 Å². The van der Waals surface area contributed by atoms with Crippen LogP contribution in [0, 0.1) is 0 Å². The summed E-state index contributed by atoms with van der Waals surface area (Å²) in [6.07, 6.45) is 2.49. The van der Waals surface area contributed by atoms with Crippen LogP contribution in [0.15, 0.2) is 9.52 Å². The number of nitrogens with zero attached hydrogens (tertiary/aromatic N) is 2. The van der Waals surface area contributed by atoms with Crippen molar-refractivity contribution in [3.8, 4) is 0 Å². The minimum Gasteiger partial charge on any atom is -0.387 e. The Morgan fingerprint density at radius 1 is 1.33 bits per heavy atom. The molecule has 0 bridgehead atoms. The van der Waals surface area contributed by atoms with Crippen molar-refractivity contribution in [1.29, 1.82) is 0 Å². The number of nitrogens with one attached hydrogen (secondary N) is 2. The summed E-state index contributed by atoms with van der Waals surface area (Å²) in [6, 6.07) is 0. The molecule has 0 aromatic carbocycles. The lowest BCUT2D eigenvalue weighted by Gasteiger charge is -2.23. The molecule has 1 atom stereocenters. The van der Waals surface area contributed by atoms with E-state index in [0.717, 1.165) is 60.3 Å². The zero-order valence-corrected chi connectivity index (χ0v) is 17.9. The number of halogens is 1. The summed E-state index contributed by atoms with van der Waals surface area (Å²) < 4.78 is 5.38. The van der Waals surface area contributed by atoms with Gasteiger partial charge in [0.1, 0.15) is 5.76 Å². The summed E-state index contributed by atoms with van der Waals surface area (Å²) in [4.78, 5) is 4.64. The monoisotopic (exact) mass is 468 g/mol. The lowest BCUT2D eigenvalue weighted by Crippen LogP contribution is -2.47. The molecular weight excluding hydrogens is 439 g/mol. The molecule has 6 nitrogen and oxygen atoms in total. The number of hydrogen-bond donors (Lipinski definition) is 3. The van der Waals surface area contributed by atoms with Gasteiger partial charge in [-0.05, 0) is 25.5 Å². The molecule has 1 aliphatic heterocycles. The van der Waals surface area contributed by atoms with Gasteiger partial charge in [-0.15, -0.1) is 24.0 Å². The SMILES string of the molecule is CCNC(=NCc1c(CC)noc1CC)NCC1(O)CCSC1.I. The second-order valence-electron chi connectivity index (χ2n) is 5.81. The summed E-state index contributed by atoms with van der Waals surface area (Å²) in [5, 5.41) is 21.1. The zero-order valence-electron chi connectivity index (χ0n) is 14.7. The van der Waals surface area contributed by atoms with Gasteiger partial charge in [-0.3, -0.25) is 0 Å². The van der Waals surface area contributed by atoms with Gasteiger partial charge in [-0.25, -0.2) is 4.99 Å². The van der Waals surface area contributed by atoms with Gasteiger partial charge in [-0.1, -0.05) is 19.0 Å². The van der Waals surface area contributed by atoms with Gasteiger partial charge < -0.3 is 20.3 Å². The normalized spacial score (nSPS) is 20.8. The van der Waals surface area contributed by atoms with Crippen molar-refractivity contribution in [2.75, 3.05) is 24.6 Å². The van der Waals surface area contributed by atoms with Crippen LogP contribution in [0.4, 0.5) is 0 Å². The van der Waals surface area contributed by atoms with Crippen LogP contribution in [0.25, 0.3) is 0 Å². The highest BCUT2D eigenvalue weighted by Gasteiger charge is 2.31. The third-order valence-electron chi connectivity index (χ3n) is 4.01. The van der Waals surface area contributed by atoms with Crippen LogP contribution in [0.5, 0.6) is 0 Å². The molecule has 1 unspecified atom stereocenters. The minimum absolute atomic E-state index is 0. The van der Waals surface area contributed by atoms with Crippen molar-refractivity contribution < 1.29 is 9.63 Å². The van der Waals surface area contributed by atoms with E-state index < -0.39 is 5.60 Å². The van der Waals surface area contributed by atoms with Crippen LogP contribution in [-0.4, -0.2) is 46.4 Å². The molecule has 1 fully saturated rings. The lowest BCUT2D eigenvalue weighted by molar-refractivity contribution is 0.0724. The van der Waals surface area contributed by atoms with Crippen molar-refractivity contribution in [3.05, 3.63) is 17.0 Å². The van der Waals surface area contributed by atoms with Gasteiger partial charge in [-0.2, -0.15) is 11.8 Å². The Bertz CT molecular complexity index is 509. The van der Waals surface area contributed by atoms with Crippen LogP contribution in [0.3, 0.4) is 0 Å². The van der Waals surface area contributed by atoms with Crippen LogP contribution >= 0.6 is 35.7 Å². The van der Waals surface area contributed by atoms with E-state index in [2.05, 4.69) is 34.6 Å². The van der Waals surface area contributed by atoms with E-state index in [1.807, 2.05) is 6.92 Å². The molecule has 2 heterocycles. The standard InChI is InChI=1S/C16H28N4O2S.HI/c1-4-13-12(14(5-2)22-20-13)9-18-15(17-6-3)19-10-16(21)7-8-23-11-16;/h21H,4-11H2,1-3H3,(H2,17,18,19);1H. The summed E-state index contributed by atoms with van der Waals surface area (Å²) >= 11 is 1.80. The van der Waals surface area contributed by atoms with Crippen LogP contribution in [-0.2, 0) is 19.4 Å². The van der Waals surface area contributed by atoms with E-state index in [1.165, 1.54) is 0 Å². The predicted molar refractivity (Wildman–Crippen MR) is 110 cm³/mol. The van der Waals surface area contributed by atoms with Crippen LogP contribution in [0.1, 0.15) is 44.2 Å². The van der Waals surface area contributed by atoms with E-state index in [-0.39, 0.29) is 24.0 Å². The maximum Gasteiger partial charge on any atom is 0.191 e. The van der Waals surface area contributed by atoms with Crippen molar-refractivity contribution in [3.63, 3.8) is 0 Å². The van der Waals surface area contributed by atoms with E-state index >= 15 is 0 Å². The second-order valence-corrected chi connectivity index (χ2v) is 6.92. The quantitative estimate of drug-likeness (QED) is 0.324. The highest BCUT2D eigenvalue weighted by Crippen LogP contribution is 2.26. The Morgan fingerprint density at radius 3 is 2.71 bits per heavy atom. The second kappa shape index (κ2) is 10.5. The fraction of sp³-hybridized carbons (Fsp3) is 0.750. The van der Waals surface area contributed by atoms with Crippen molar-refractivity contribution in [2.45, 2.75) is 52.2 Å². The molecule has 1 saturated heterocycles. The first-order valence-corrected chi connectivity index (χ1v) is 9.56. The summed E-state index contributed by atoms with van der Waals surface area (Å²) in [5.74, 6) is 3.44. The van der Waals surface area contributed by atoms with Crippen molar-refractivity contribution in [1.82, 2.24) is 15.8 Å². The van der Waals surface area contributed by atoms with Gasteiger partial charge in [0.25, 0.3) is 0 Å². The average Bonchev–Trinajstić information content (AvgIpc) is 3.16. The van der Waals surface area contributed by atoms with Crippen LogP contribution < -0.4 is 10.6 Å². The molecular formula is C16H29IN4O2S. The fourth-order valence-electron chi connectivity index (χ4n) is 2.60. The molecule has 1 aromatic rings. The van der Waals surface area contributed by atoms with E-state index in [0.29, 0.717) is 13.1 Å². The molecule has 0 aliphatic carbocycles.